The van der Waals surface area contributed by atoms with E-state index in [-0.39, 0.29) is 17.9 Å². The van der Waals surface area contributed by atoms with Crippen LogP contribution in [0.25, 0.3) is 0 Å². The molecule has 0 atom stereocenters. The monoisotopic (exact) mass is 345 g/mol. The van der Waals surface area contributed by atoms with Gasteiger partial charge in [0.25, 0.3) is 0 Å². The molecule has 0 unspecified atom stereocenters. The zero-order valence-corrected chi connectivity index (χ0v) is 14.4. The Morgan fingerprint density at radius 2 is 2.04 bits per heavy atom. The Balaban J connectivity index is 1.49. The third kappa shape index (κ3) is 4.29. The van der Waals surface area contributed by atoms with Crippen molar-refractivity contribution in [2.24, 2.45) is 0 Å². The van der Waals surface area contributed by atoms with Gasteiger partial charge in [0.1, 0.15) is 11.6 Å². The van der Waals surface area contributed by atoms with Crippen molar-refractivity contribution in [3.05, 3.63) is 42.3 Å². The Morgan fingerprint density at radius 3 is 2.76 bits per heavy atom. The fraction of sp³-hybridized carbons (Fsp3) is 0.444. The molecule has 3 rings (SSSR count). The number of piperidine rings is 1. The molecule has 0 radical (unpaired) electrons. The molecule has 2 aromatic rings. The Kier molecular flexibility index (Phi) is 5.53. The molecule has 0 saturated carbocycles. The molecule has 2 N–H and O–H groups in total. The second kappa shape index (κ2) is 8.00. The van der Waals surface area contributed by atoms with Gasteiger partial charge in [-0.1, -0.05) is 19.1 Å². The average Bonchev–Trinajstić information content (AvgIpc) is 3.03. The lowest BCUT2D eigenvalue weighted by Gasteiger charge is -2.34. The van der Waals surface area contributed by atoms with Gasteiger partial charge in [0, 0.05) is 31.7 Å². The summed E-state index contributed by atoms with van der Waals surface area (Å²) >= 11 is 0. The summed E-state index contributed by atoms with van der Waals surface area (Å²) < 4.78 is 15.6. The van der Waals surface area contributed by atoms with Crippen molar-refractivity contribution in [1.29, 1.82) is 0 Å². The van der Waals surface area contributed by atoms with E-state index in [1.165, 1.54) is 6.07 Å². The van der Waals surface area contributed by atoms with E-state index in [2.05, 4.69) is 22.7 Å². The molecule has 1 aromatic heterocycles. The molecular formula is C18H24FN5O. The van der Waals surface area contributed by atoms with Crippen molar-refractivity contribution in [3.63, 3.8) is 0 Å². The number of carbonyl (C=O) groups excluding carboxylic acids is 1. The number of nitrogens with one attached hydrogen (secondary N) is 2. The first-order chi connectivity index (χ1) is 12.2. The van der Waals surface area contributed by atoms with Gasteiger partial charge < -0.3 is 10.2 Å². The van der Waals surface area contributed by atoms with Gasteiger partial charge in [-0.25, -0.2) is 13.9 Å². The van der Waals surface area contributed by atoms with E-state index in [0.29, 0.717) is 11.5 Å². The van der Waals surface area contributed by atoms with Crippen LogP contribution in [0.1, 0.15) is 26.2 Å². The van der Waals surface area contributed by atoms with Crippen LogP contribution in [-0.2, 0) is 6.54 Å². The summed E-state index contributed by atoms with van der Waals surface area (Å²) in [4.78, 5) is 14.2. The van der Waals surface area contributed by atoms with Gasteiger partial charge in [-0.15, -0.1) is 0 Å². The highest BCUT2D eigenvalue weighted by Crippen LogP contribution is 2.22. The third-order valence-electron chi connectivity index (χ3n) is 4.42. The number of aryl methyl sites for hydroxylation is 1. The summed E-state index contributed by atoms with van der Waals surface area (Å²) in [5.41, 5.74) is 0.633. The number of carbonyl (C=O) groups is 1. The van der Waals surface area contributed by atoms with Crippen LogP contribution < -0.4 is 15.5 Å². The predicted octanol–water partition coefficient (Wildman–Crippen LogP) is 3.22. The fourth-order valence-electron chi connectivity index (χ4n) is 3.14. The second-order valence-corrected chi connectivity index (χ2v) is 6.25. The molecule has 0 bridgehead atoms. The number of rotatable bonds is 5. The first-order valence-corrected chi connectivity index (χ1v) is 8.76. The molecule has 6 nitrogen and oxygen atoms in total. The van der Waals surface area contributed by atoms with E-state index in [1.54, 1.807) is 29.1 Å². The number of anilines is 2. The number of nitrogens with zero attached hydrogens (tertiary/aromatic N) is 3. The number of benzene rings is 1. The SMILES string of the molecule is CCCn1nccc1NC(=O)NC1CCN(c2ccccc2F)CC1. The zero-order chi connectivity index (χ0) is 17.6. The molecule has 0 spiro atoms. The van der Waals surface area contributed by atoms with Crippen LogP contribution in [0.3, 0.4) is 0 Å². The Morgan fingerprint density at radius 1 is 1.28 bits per heavy atom. The Hall–Kier alpha value is -2.57. The summed E-state index contributed by atoms with van der Waals surface area (Å²) in [6, 6.07) is 8.47. The van der Waals surface area contributed by atoms with Gasteiger partial charge in [0.2, 0.25) is 0 Å². The van der Waals surface area contributed by atoms with E-state index >= 15 is 0 Å². The standard InChI is InChI=1S/C18H24FN5O/c1-2-11-24-17(7-10-20-24)22-18(25)21-14-8-12-23(13-9-14)16-6-4-3-5-15(16)19/h3-7,10,14H,2,8-9,11-13H2,1H3,(H2,21,22,25). The van der Waals surface area contributed by atoms with Gasteiger partial charge in [0.15, 0.2) is 0 Å². The van der Waals surface area contributed by atoms with E-state index in [0.717, 1.165) is 38.9 Å². The van der Waals surface area contributed by atoms with Crippen molar-refractivity contribution in [2.75, 3.05) is 23.3 Å². The largest absolute Gasteiger partial charge is 0.369 e. The van der Waals surface area contributed by atoms with E-state index in [4.69, 9.17) is 0 Å². The summed E-state index contributed by atoms with van der Waals surface area (Å²) in [6.07, 6.45) is 4.20. The van der Waals surface area contributed by atoms with Gasteiger partial charge in [-0.3, -0.25) is 5.32 Å². The number of urea groups is 1. The number of halogens is 1. The normalized spacial score (nSPS) is 15.2. The number of para-hydroxylation sites is 1. The minimum absolute atomic E-state index is 0.0885. The quantitative estimate of drug-likeness (QED) is 0.875. The van der Waals surface area contributed by atoms with Crippen molar-refractivity contribution in [1.82, 2.24) is 15.1 Å². The molecular weight excluding hydrogens is 321 g/mol. The molecule has 134 valence electrons. The smallest absolute Gasteiger partial charge is 0.320 e. The summed E-state index contributed by atoms with van der Waals surface area (Å²) in [5, 5.41) is 10.0. The molecule has 1 saturated heterocycles. The first-order valence-electron chi connectivity index (χ1n) is 8.76. The number of amides is 2. The number of hydrogen-bond acceptors (Lipinski definition) is 3. The lowest BCUT2D eigenvalue weighted by Crippen LogP contribution is -2.46. The van der Waals surface area contributed by atoms with Crippen LogP contribution in [0, 0.1) is 5.82 Å². The predicted molar refractivity (Wildman–Crippen MR) is 96.3 cm³/mol. The van der Waals surface area contributed by atoms with E-state index < -0.39 is 0 Å². The van der Waals surface area contributed by atoms with Crippen molar-refractivity contribution < 1.29 is 9.18 Å². The maximum Gasteiger partial charge on any atom is 0.320 e. The van der Waals surface area contributed by atoms with Gasteiger partial charge in [0.05, 0.1) is 11.9 Å². The first kappa shape index (κ1) is 17.3. The molecule has 2 heterocycles. The van der Waals surface area contributed by atoms with Crippen LogP contribution in [-0.4, -0.2) is 34.9 Å². The van der Waals surface area contributed by atoms with Crippen molar-refractivity contribution >= 4 is 17.5 Å². The van der Waals surface area contributed by atoms with Gasteiger partial charge in [-0.2, -0.15) is 5.10 Å². The highest BCUT2D eigenvalue weighted by molar-refractivity contribution is 5.88. The Bertz CT molecular complexity index is 709. The van der Waals surface area contributed by atoms with Crippen molar-refractivity contribution in [3.8, 4) is 0 Å². The minimum atomic E-state index is -0.220. The van der Waals surface area contributed by atoms with Crippen molar-refractivity contribution in [2.45, 2.75) is 38.8 Å². The molecule has 1 aliphatic rings. The maximum absolute atomic E-state index is 13.9. The molecule has 7 heteroatoms. The molecule has 1 fully saturated rings. The highest BCUT2D eigenvalue weighted by atomic mass is 19.1. The molecule has 25 heavy (non-hydrogen) atoms. The van der Waals surface area contributed by atoms with Crippen LogP contribution >= 0.6 is 0 Å². The summed E-state index contributed by atoms with van der Waals surface area (Å²) in [6.45, 7) is 4.28. The second-order valence-electron chi connectivity index (χ2n) is 6.25. The average molecular weight is 345 g/mol. The van der Waals surface area contributed by atoms with Crippen LogP contribution in [0.2, 0.25) is 0 Å². The van der Waals surface area contributed by atoms with Crippen LogP contribution in [0.5, 0.6) is 0 Å². The highest BCUT2D eigenvalue weighted by Gasteiger charge is 2.22. The number of hydrogen-bond donors (Lipinski definition) is 2. The summed E-state index contributed by atoms with van der Waals surface area (Å²) in [5.74, 6) is 0.499. The van der Waals surface area contributed by atoms with E-state index in [1.807, 2.05) is 11.0 Å². The third-order valence-corrected chi connectivity index (χ3v) is 4.42. The maximum atomic E-state index is 13.9. The molecule has 2 amide bonds. The lowest BCUT2D eigenvalue weighted by atomic mass is 10.0. The van der Waals surface area contributed by atoms with Crippen LogP contribution in [0.4, 0.5) is 20.7 Å². The minimum Gasteiger partial charge on any atom is -0.369 e. The van der Waals surface area contributed by atoms with Gasteiger partial charge in [-0.05, 0) is 31.4 Å². The van der Waals surface area contributed by atoms with Gasteiger partial charge >= 0.3 is 6.03 Å². The Labute approximate surface area is 147 Å². The topological polar surface area (TPSA) is 62.2 Å². The zero-order valence-electron chi connectivity index (χ0n) is 14.4. The summed E-state index contributed by atoms with van der Waals surface area (Å²) in [7, 11) is 0. The molecule has 1 aliphatic heterocycles. The van der Waals surface area contributed by atoms with E-state index in [9.17, 15) is 9.18 Å². The fourth-order valence-corrected chi connectivity index (χ4v) is 3.14. The molecule has 0 aliphatic carbocycles. The lowest BCUT2D eigenvalue weighted by molar-refractivity contribution is 0.245. The number of aromatic nitrogens is 2. The van der Waals surface area contributed by atoms with Crippen LogP contribution in [0.15, 0.2) is 36.5 Å². The molecule has 1 aromatic carbocycles.